The zero-order valence-electron chi connectivity index (χ0n) is 7.36. The van der Waals surface area contributed by atoms with E-state index in [0.29, 0.717) is 37.5 Å². The van der Waals surface area contributed by atoms with Gasteiger partial charge in [0.15, 0.2) is 0 Å². The van der Waals surface area contributed by atoms with Crippen LogP contribution in [0.4, 0.5) is 0 Å². The average molecular weight is 328 g/mol. The number of alkyl halides is 3. The van der Waals surface area contributed by atoms with E-state index in [-0.39, 0.29) is 16.5 Å². The van der Waals surface area contributed by atoms with Crippen LogP contribution >= 0.6 is 43.4 Å². The second kappa shape index (κ2) is 14.7. The summed E-state index contributed by atoms with van der Waals surface area (Å²) in [4.78, 5) is 0. The molecule has 0 saturated carbocycles. The summed E-state index contributed by atoms with van der Waals surface area (Å²) >= 11 is 16.3. The summed E-state index contributed by atoms with van der Waals surface area (Å²) in [5, 5.41) is 0. The predicted molar refractivity (Wildman–Crippen MR) is 56.9 cm³/mol. The fourth-order valence-corrected chi connectivity index (χ4v) is 1.94. The molecule has 90 valence electrons. The zero-order chi connectivity index (χ0) is 9.94. The van der Waals surface area contributed by atoms with Crippen molar-refractivity contribution in [2.24, 2.45) is 0 Å². The van der Waals surface area contributed by atoms with Crippen LogP contribution in [-0.2, 0) is 30.1 Å². The molecule has 0 aromatic carbocycles. The van der Waals surface area contributed by atoms with Crippen LogP contribution in [0.5, 0.6) is 0 Å². The van der Waals surface area contributed by atoms with Crippen molar-refractivity contribution in [2.45, 2.75) is 0 Å². The maximum absolute atomic E-state index is 5.44. The van der Waals surface area contributed by atoms with Crippen molar-refractivity contribution in [1.29, 1.82) is 0 Å². The first-order valence-electron chi connectivity index (χ1n) is 3.72. The van der Waals surface area contributed by atoms with Crippen molar-refractivity contribution >= 4 is 43.4 Å². The minimum absolute atomic E-state index is 0. The van der Waals surface area contributed by atoms with E-state index in [0.717, 1.165) is 0 Å². The van der Waals surface area contributed by atoms with E-state index in [1.807, 2.05) is 0 Å². The molecule has 14 heavy (non-hydrogen) atoms. The van der Waals surface area contributed by atoms with Crippen LogP contribution in [0.1, 0.15) is 0 Å². The van der Waals surface area contributed by atoms with Gasteiger partial charge in [0.2, 0.25) is 0 Å². The maximum atomic E-state index is 5.44. The summed E-state index contributed by atoms with van der Waals surface area (Å²) in [5.41, 5.74) is 0. The van der Waals surface area contributed by atoms with Gasteiger partial charge in [-0.3, -0.25) is 0 Å². The molecule has 0 atom stereocenters. The van der Waals surface area contributed by atoms with Crippen molar-refractivity contribution < 1.29 is 30.1 Å². The molecule has 0 amide bonds. The third-order valence-corrected chi connectivity index (χ3v) is 2.46. The number of hydrogen-bond acceptors (Lipinski definition) is 3. The summed E-state index contributed by atoms with van der Waals surface area (Å²) in [5.74, 6) is 1.23. The molecule has 0 aromatic rings. The van der Waals surface area contributed by atoms with Crippen molar-refractivity contribution in [3.63, 3.8) is 0 Å². The standard InChI is InChI=1S/C6H12Cl3O3P.Ni/c7-1-4-10-13(11-5-2-8)12-6-3-9;/h1-6H2;. The Bertz CT molecular complexity index is 95.3. The molecule has 0 fully saturated rings. The summed E-state index contributed by atoms with van der Waals surface area (Å²) in [7, 11) is -1.33. The first kappa shape index (κ1) is 18.0. The van der Waals surface area contributed by atoms with E-state index >= 15 is 0 Å². The molecule has 0 N–H and O–H groups in total. The van der Waals surface area contributed by atoms with Crippen LogP contribution in [0.3, 0.4) is 0 Å². The molecule has 0 rings (SSSR count). The van der Waals surface area contributed by atoms with Gasteiger partial charge in [0.25, 0.3) is 0 Å². The van der Waals surface area contributed by atoms with Crippen LogP contribution in [0, 0.1) is 0 Å². The van der Waals surface area contributed by atoms with Gasteiger partial charge >= 0.3 is 8.60 Å². The van der Waals surface area contributed by atoms with E-state index in [4.69, 9.17) is 48.4 Å². The van der Waals surface area contributed by atoms with E-state index < -0.39 is 8.60 Å². The molecule has 0 aromatic heterocycles. The van der Waals surface area contributed by atoms with Gasteiger partial charge in [0.05, 0.1) is 19.8 Å². The Balaban J connectivity index is 0. The molecular weight excluding hydrogens is 316 g/mol. The Morgan fingerprint density at radius 3 is 1.21 bits per heavy atom. The van der Waals surface area contributed by atoms with Gasteiger partial charge in [-0.2, -0.15) is 0 Å². The van der Waals surface area contributed by atoms with Crippen molar-refractivity contribution in [3.05, 3.63) is 0 Å². The average Bonchev–Trinajstić information content (AvgIpc) is 2.17. The van der Waals surface area contributed by atoms with E-state index in [2.05, 4.69) is 0 Å². The van der Waals surface area contributed by atoms with Gasteiger partial charge in [-0.05, 0) is 0 Å². The number of rotatable bonds is 9. The Morgan fingerprint density at radius 2 is 1.00 bits per heavy atom. The van der Waals surface area contributed by atoms with E-state index in [1.54, 1.807) is 0 Å². The van der Waals surface area contributed by atoms with Crippen LogP contribution < -0.4 is 0 Å². The third kappa shape index (κ3) is 11.7. The monoisotopic (exact) mass is 326 g/mol. The van der Waals surface area contributed by atoms with Gasteiger partial charge in [-0.1, -0.05) is 0 Å². The first-order chi connectivity index (χ1) is 6.35. The second-order valence-corrected chi connectivity index (χ2v) is 4.15. The summed E-state index contributed by atoms with van der Waals surface area (Å²) in [6.07, 6.45) is 0. The molecule has 0 radical (unpaired) electrons. The Morgan fingerprint density at radius 1 is 0.714 bits per heavy atom. The smallest absolute Gasteiger partial charge is 0.311 e. The second-order valence-electron chi connectivity index (χ2n) is 1.79. The molecule has 8 heteroatoms. The molecule has 0 saturated heterocycles. The third-order valence-electron chi connectivity index (χ3n) is 0.822. The molecule has 3 nitrogen and oxygen atoms in total. The molecule has 0 aliphatic heterocycles. The van der Waals surface area contributed by atoms with Crippen molar-refractivity contribution in [1.82, 2.24) is 0 Å². The van der Waals surface area contributed by atoms with E-state index in [1.165, 1.54) is 0 Å². The van der Waals surface area contributed by atoms with Gasteiger partial charge < -0.3 is 13.6 Å². The van der Waals surface area contributed by atoms with Crippen molar-refractivity contribution in [3.8, 4) is 0 Å². The van der Waals surface area contributed by atoms with Crippen LogP contribution in [0.15, 0.2) is 0 Å². The van der Waals surface area contributed by atoms with E-state index in [9.17, 15) is 0 Å². The molecule has 0 unspecified atom stereocenters. The van der Waals surface area contributed by atoms with Crippen LogP contribution in [-0.4, -0.2) is 37.5 Å². The Kier molecular flexibility index (Phi) is 18.9. The maximum Gasteiger partial charge on any atom is 0.332 e. The zero-order valence-corrected chi connectivity index (χ0v) is 11.5. The van der Waals surface area contributed by atoms with Gasteiger partial charge in [-0.25, -0.2) is 0 Å². The Labute approximate surface area is 111 Å². The van der Waals surface area contributed by atoms with Crippen LogP contribution in [0.25, 0.3) is 0 Å². The Hall–Kier alpha value is 1.67. The fraction of sp³-hybridized carbons (Fsp3) is 1.00. The first-order valence-corrected chi connectivity index (χ1v) is 6.41. The minimum atomic E-state index is -1.33. The molecule has 0 heterocycles. The quantitative estimate of drug-likeness (QED) is 0.370. The van der Waals surface area contributed by atoms with Crippen LogP contribution in [0.2, 0.25) is 0 Å². The fourth-order valence-electron chi connectivity index (χ4n) is 0.439. The molecular formula is C6H12Cl3NiO3P. The number of hydrogen-bond donors (Lipinski definition) is 0. The predicted octanol–water partition coefficient (Wildman–Crippen LogP) is 2.98. The SMILES string of the molecule is ClCCOP(OCCCl)OCCCl.[Ni]. The largest absolute Gasteiger partial charge is 0.332 e. The minimum Gasteiger partial charge on any atom is -0.311 e. The van der Waals surface area contributed by atoms with Gasteiger partial charge in [-0.15, -0.1) is 34.8 Å². The molecule has 0 aliphatic carbocycles. The summed E-state index contributed by atoms with van der Waals surface area (Å²) < 4.78 is 15.5. The molecule has 0 spiro atoms. The van der Waals surface area contributed by atoms with Gasteiger partial charge in [0, 0.05) is 34.1 Å². The van der Waals surface area contributed by atoms with Gasteiger partial charge in [0.1, 0.15) is 0 Å². The number of halogens is 3. The molecule has 0 aliphatic rings. The van der Waals surface area contributed by atoms with Crippen molar-refractivity contribution in [2.75, 3.05) is 37.5 Å². The topological polar surface area (TPSA) is 27.7 Å². The molecule has 0 bridgehead atoms. The summed E-state index contributed by atoms with van der Waals surface area (Å²) in [6, 6.07) is 0. The summed E-state index contributed by atoms with van der Waals surface area (Å²) in [6.45, 7) is 1.20. The normalized spacial score (nSPS) is 10.3.